The largest absolute Gasteiger partial charge is 0.508 e. The van der Waals surface area contributed by atoms with Crippen molar-refractivity contribution in [2.45, 2.75) is 58.9 Å². The first-order valence-electron chi connectivity index (χ1n) is 13.9. The van der Waals surface area contributed by atoms with Gasteiger partial charge in [0.1, 0.15) is 11.6 Å². The van der Waals surface area contributed by atoms with Crippen LogP contribution in [0.2, 0.25) is 5.02 Å². The summed E-state index contributed by atoms with van der Waals surface area (Å²) in [5.74, 6) is -4.85. The van der Waals surface area contributed by atoms with Crippen LogP contribution >= 0.6 is 11.6 Å². The first-order chi connectivity index (χ1) is 19.2. The van der Waals surface area contributed by atoms with Crippen LogP contribution in [0.1, 0.15) is 57.6 Å². The summed E-state index contributed by atoms with van der Waals surface area (Å²) in [6.07, 6.45) is 2.58. The molecule has 4 aliphatic rings. The number of imide groups is 2. The van der Waals surface area contributed by atoms with Crippen molar-refractivity contribution in [2.24, 2.45) is 29.1 Å². The number of likely N-dealkylation sites (tertiary alicyclic amines) is 1. The van der Waals surface area contributed by atoms with E-state index in [-0.39, 0.29) is 34.7 Å². The molecular formula is C32H32ClFN2O5. The van der Waals surface area contributed by atoms with Gasteiger partial charge in [-0.2, -0.15) is 0 Å². The van der Waals surface area contributed by atoms with Gasteiger partial charge >= 0.3 is 0 Å². The van der Waals surface area contributed by atoms with Crippen molar-refractivity contribution in [3.63, 3.8) is 0 Å². The van der Waals surface area contributed by atoms with E-state index in [1.807, 2.05) is 32.9 Å². The Kier molecular flexibility index (Phi) is 6.06. The highest BCUT2D eigenvalue weighted by molar-refractivity contribution is 6.31. The number of anilines is 1. The minimum Gasteiger partial charge on any atom is -0.508 e. The zero-order chi connectivity index (χ0) is 29.8. The van der Waals surface area contributed by atoms with Crippen LogP contribution in [0.25, 0.3) is 0 Å². The van der Waals surface area contributed by atoms with E-state index in [0.717, 1.165) is 22.1 Å². The SMILES string of the molecule is Cc1cc(C2C3=CCC4C(=O)N(C(C)(C)C)C(=O)C4C3CC3C(=O)N(c4ccc(F)c(Cl)c4)C(=O)C32C)ccc1O. The average Bonchev–Trinajstić information content (AvgIpc) is 3.27. The van der Waals surface area contributed by atoms with E-state index in [0.29, 0.717) is 12.0 Å². The summed E-state index contributed by atoms with van der Waals surface area (Å²) in [5, 5.41) is 10.1. The average molecular weight is 579 g/mol. The highest BCUT2D eigenvalue weighted by Gasteiger charge is 2.68. The van der Waals surface area contributed by atoms with Crippen molar-refractivity contribution in [3.05, 3.63) is 70.0 Å². The van der Waals surface area contributed by atoms with Crippen LogP contribution < -0.4 is 4.90 Å². The Morgan fingerprint density at radius 2 is 1.71 bits per heavy atom. The number of fused-ring (bicyclic) bond motifs is 4. The molecule has 6 unspecified atom stereocenters. The fraction of sp³-hybridized carbons (Fsp3) is 0.438. The predicted molar refractivity (Wildman–Crippen MR) is 150 cm³/mol. The normalized spacial score (nSPS) is 31.3. The molecule has 214 valence electrons. The van der Waals surface area contributed by atoms with Crippen LogP contribution in [-0.2, 0) is 19.2 Å². The number of phenolic OH excluding ortho intramolecular Hbond substituents is 1. The molecule has 0 aromatic heterocycles. The number of phenols is 1. The summed E-state index contributed by atoms with van der Waals surface area (Å²) >= 11 is 6.04. The van der Waals surface area contributed by atoms with Crippen molar-refractivity contribution in [3.8, 4) is 5.75 Å². The monoisotopic (exact) mass is 578 g/mol. The number of carbonyl (C=O) groups is 4. The standard InChI is InChI=1S/C32H32ClFN2O5/c1-15-12-16(6-11-24(15)37)26-18-8-9-19-25(29(40)36(27(19)38)31(2,3)4)20(18)14-21-28(39)35(30(41)32(21,26)5)17-7-10-23(34)22(33)13-17/h6-8,10-13,19-21,25-26,37H,9,14H2,1-5H3. The summed E-state index contributed by atoms with van der Waals surface area (Å²) in [7, 11) is 0. The highest BCUT2D eigenvalue weighted by atomic mass is 35.5. The van der Waals surface area contributed by atoms with Gasteiger partial charge in [-0.05, 0) is 88.8 Å². The molecule has 4 amide bonds. The Balaban J connectivity index is 1.53. The van der Waals surface area contributed by atoms with Gasteiger partial charge in [-0.15, -0.1) is 0 Å². The molecule has 3 fully saturated rings. The molecule has 6 atom stereocenters. The molecule has 2 heterocycles. The molecule has 0 bridgehead atoms. The zero-order valence-electron chi connectivity index (χ0n) is 23.6. The molecule has 2 aromatic rings. The molecule has 7 nitrogen and oxygen atoms in total. The Hall–Kier alpha value is -3.52. The number of benzene rings is 2. The molecule has 9 heteroatoms. The van der Waals surface area contributed by atoms with Crippen molar-refractivity contribution in [2.75, 3.05) is 4.90 Å². The van der Waals surface area contributed by atoms with Gasteiger partial charge in [-0.1, -0.05) is 35.4 Å². The number of aryl methyl sites for hydroxylation is 1. The minimum absolute atomic E-state index is 0.106. The van der Waals surface area contributed by atoms with E-state index in [9.17, 15) is 28.7 Å². The van der Waals surface area contributed by atoms with Crippen LogP contribution in [0.3, 0.4) is 0 Å². The van der Waals surface area contributed by atoms with Crippen molar-refractivity contribution in [1.82, 2.24) is 4.90 Å². The van der Waals surface area contributed by atoms with Crippen molar-refractivity contribution >= 4 is 40.9 Å². The number of hydrogen-bond donors (Lipinski definition) is 1. The Morgan fingerprint density at radius 3 is 2.34 bits per heavy atom. The fourth-order valence-corrected chi connectivity index (χ4v) is 7.96. The molecule has 2 aliphatic carbocycles. The summed E-state index contributed by atoms with van der Waals surface area (Å²) < 4.78 is 14.0. The van der Waals surface area contributed by atoms with E-state index in [2.05, 4.69) is 0 Å². The van der Waals surface area contributed by atoms with Gasteiger partial charge in [0.15, 0.2) is 0 Å². The van der Waals surface area contributed by atoms with Gasteiger partial charge in [0.2, 0.25) is 23.6 Å². The second-order valence-electron chi connectivity index (χ2n) is 13.0. The summed E-state index contributed by atoms with van der Waals surface area (Å²) in [6, 6.07) is 8.90. The third-order valence-electron chi connectivity index (χ3n) is 9.66. The van der Waals surface area contributed by atoms with Gasteiger partial charge < -0.3 is 5.11 Å². The molecule has 2 aliphatic heterocycles. The van der Waals surface area contributed by atoms with Gasteiger partial charge in [-0.3, -0.25) is 24.1 Å². The molecule has 2 aromatic carbocycles. The third-order valence-corrected chi connectivity index (χ3v) is 9.95. The molecule has 2 saturated heterocycles. The number of rotatable bonds is 2. The van der Waals surface area contributed by atoms with Gasteiger partial charge in [0, 0.05) is 11.5 Å². The van der Waals surface area contributed by atoms with E-state index >= 15 is 0 Å². The number of carbonyl (C=O) groups excluding carboxylic acids is 4. The van der Waals surface area contributed by atoms with E-state index < -0.39 is 58.2 Å². The second kappa shape index (κ2) is 8.99. The predicted octanol–water partition coefficient (Wildman–Crippen LogP) is 5.52. The lowest BCUT2D eigenvalue weighted by atomic mass is 9.51. The maximum Gasteiger partial charge on any atom is 0.241 e. The summed E-state index contributed by atoms with van der Waals surface area (Å²) in [6.45, 7) is 9.04. The van der Waals surface area contributed by atoms with E-state index in [4.69, 9.17) is 11.6 Å². The molecule has 41 heavy (non-hydrogen) atoms. The number of halogens is 2. The molecule has 0 spiro atoms. The summed E-state index contributed by atoms with van der Waals surface area (Å²) in [4.78, 5) is 58.3. The smallest absolute Gasteiger partial charge is 0.241 e. The number of aromatic hydroxyl groups is 1. The number of hydrogen-bond acceptors (Lipinski definition) is 5. The van der Waals surface area contributed by atoms with Crippen LogP contribution in [0.4, 0.5) is 10.1 Å². The number of allylic oxidation sites excluding steroid dienone is 2. The quantitative estimate of drug-likeness (QED) is 0.374. The summed E-state index contributed by atoms with van der Waals surface area (Å²) in [5.41, 5.74) is 0.484. The van der Waals surface area contributed by atoms with Gasteiger partial charge in [0.05, 0.1) is 33.9 Å². The number of nitrogens with zero attached hydrogens (tertiary/aromatic N) is 2. The van der Waals surface area contributed by atoms with Crippen LogP contribution in [0.5, 0.6) is 5.75 Å². The van der Waals surface area contributed by atoms with Crippen LogP contribution in [-0.4, -0.2) is 39.2 Å². The van der Waals surface area contributed by atoms with Gasteiger partial charge in [-0.25, -0.2) is 9.29 Å². The van der Waals surface area contributed by atoms with Crippen LogP contribution in [0.15, 0.2) is 48.0 Å². The lowest BCUT2D eigenvalue weighted by molar-refractivity contribution is -0.145. The minimum atomic E-state index is -1.23. The lowest BCUT2D eigenvalue weighted by Crippen LogP contribution is -2.49. The zero-order valence-corrected chi connectivity index (χ0v) is 24.3. The molecule has 1 saturated carbocycles. The molecule has 6 rings (SSSR count). The maximum absolute atomic E-state index is 14.4. The first-order valence-corrected chi connectivity index (χ1v) is 14.3. The lowest BCUT2D eigenvalue weighted by Gasteiger charge is -2.49. The van der Waals surface area contributed by atoms with Crippen molar-refractivity contribution < 1.29 is 28.7 Å². The second-order valence-corrected chi connectivity index (χ2v) is 13.4. The molecule has 0 radical (unpaired) electrons. The topological polar surface area (TPSA) is 95.0 Å². The molecule has 1 N–H and O–H groups in total. The van der Waals surface area contributed by atoms with E-state index in [1.54, 1.807) is 26.0 Å². The first kappa shape index (κ1) is 27.6. The van der Waals surface area contributed by atoms with Crippen molar-refractivity contribution in [1.29, 1.82) is 0 Å². The number of amides is 4. The third kappa shape index (κ3) is 3.75. The fourth-order valence-electron chi connectivity index (χ4n) is 7.79. The van der Waals surface area contributed by atoms with E-state index in [1.165, 1.54) is 17.0 Å². The highest BCUT2D eigenvalue weighted by Crippen LogP contribution is 2.64. The Labute approximate surface area is 243 Å². The Morgan fingerprint density at radius 1 is 1.00 bits per heavy atom. The molecular weight excluding hydrogens is 547 g/mol. The maximum atomic E-state index is 14.4. The van der Waals surface area contributed by atoms with Crippen LogP contribution in [0, 0.1) is 41.8 Å². The van der Waals surface area contributed by atoms with Gasteiger partial charge in [0.25, 0.3) is 0 Å². The Bertz CT molecular complexity index is 1580.